The zero-order chi connectivity index (χ0) is 20.6. The smallest absolute Gasteiger partial charge is 0.239 e. The van der Waals surface area contributed by atoms with Crippen molar-refractivity contribution in [2.45, 2.75) is 39.8 Å². The highest BCUT2D eigenvalue weighted by Gasteiger charge is 2.19. The molecule has 3 rings (SSSR count). The second-order valence-electron chi connectivity index (χ2n) is 7.60. The molecule has 0 radical (unpaired) electrons. The predicted octanol–water partition coefficient (Wildman–Crippen LogP) is 4.30. The molecule has 152 valence electrons. The van der Waals surface area contributed by atoms with Crippen molar-refractivity contribution in [3.05, 3.63) is 77.6 Å². The highest BCUT2D eigenvalue weighted by molar-refractivity contribution is 7.09. The average Bonchev–Trinajstić information content (AvgIpc) is 3.17. The van der Waals surface area contributed by atoms with Crippen molar-refractivity contribution in [2.24, 2.45) is 5.92 Å². The van der Waals surface area contributed by atoms with Gasteiger partial charge in [0.05, 0.1) is 6.54 Å². The Bertz CT molecular complexity index is 896. The summed E-state index contributed by atoms with van der Waals surface area (Å²) in [5, 5.41) is 3.86. The molecular formula is C23H28N4OS. The Labute approximate surface area is 177 Å². The van der Waals surface area contributed by atoms with Gasteiger partial charge in [-0.2, -0.15) is 4.37 Å². The molecule has 1 amide bonds. The normalized spacial score (nSPS) is 12.0. The fourth-order valence-electron chi connectivity index (χ4n) is 2.86. The number of hydrogen-bond acceptors (Lipinski definition) is 5. The standard InChI is InChI=1S/C23H28N4OS/c1-17(2)18(3)24-22(28)16-27(15-20-12-8-5-9-13-20)23-25-21(26-29-23)14-19-10-6-4-7-11-19/h4-13,17-18H,14-16H2,1-3H3,(H,24,28)/t18-/m1/s1. The lowest BCUT2D eigenvalue weighted by molar-refractivity contribution is -0.120. The van der Waals surface area contributed by atoms with Crippen LogP contribution in [-0.2, 0) is 17.8 Å². The van der Waals surface area contributed by atoms with E-state index in [9.17, 15) is 4.79 Å². The molecule has 3 aromatic rings. The van der Waals surface area contributed by atoms with Crippen molar-refractivity contribution in [3.63, 3.8) is 0 Å². The van der Waals surface area contributed by atoms with Crippen LogP contribution in [0.25, 0.3) is 0 Å². The molecule has 0 unspecified atom stereocenters. The van der Waals surface area contributed by atoms with E-state index in [4.69, 9.17) is 4.98 Å². The van der Waals surface area contributed by atoms with E-state index in [1.54, 1.807) is 0 Å². The van der Waals surface area contributed by atoms with Gasteiger partial charge in [-0.1, -0.05) is 74.5 Å². The Balaban J connectivity index is 1.74. The van der Waals surface area contributed by atoms with Crippen molar-refractivity contribution in [1.29, 1.82) is 0 Å². The molecule has 6 heteroatoms. The van der Waals surface area contributed by atoms with E-state index in [1.807, 2.05) is 48.2 Å². The van der Waals surface area contributed by atoms with Gasteiger partial charge >= 0.3 is 0 Å². The van der Waals surface area contributed by atoms with Crippen LogP contribution in [0.1, 0.15) is 37.7 Å². The third-order valence-electron chi connectivity index (χ3n) is 4.87. The Kier molecular flexibility index (Phi) is 7.36. The van der Waals surface area contributed by atoms with Gasteiger partial charge in [-0.3, -0.25) is 4.79 Å². The molecule has 29 heavy (non-hydrogen) atoms. The van der Waals surface area contributed by atoms with Crippen LogP contribution in [0.2, 0.25) is 0 Å². The zero-order valence-electron chi connectivity index (χ0n) is 17.2. The number of amides is 1. The predicted molar refractivity (Wildman–Crippen MR) is 119 cm³/mol. The van der Waals surface area contributed by atoms with Crippen LogP contribution in [-0.4, -0.2) is 27.9 Å². The SMILES string of the molecule is CC(C)[C@@H](C)NC(=O)CN(Cc1ccccc1)c1nc(Cc2ccccc2)ns1. The van der Waals surface area contributed by atoms with Crippen LogP contribution >= 0.6 is 11.5 Å². The first-order valence-corrected chi connectivity index (χ1v) is 10.7. The van der Waals surface area contributed by atoms with E-state index in [0.717, 1.165) is 16.5 Å². The topological polar surface area (TPSA) is 58.1 Å². The number of carbonyl (C=O) groups is 1. The van der Waals surface area contributed by atoms with Crippen LogP contribution in [0.5, 0.6) is 0 Å². The molecule has 0 spiro atoms. The minimum Gasteiger partial charge on any atom is -0.352 e. The minimum absolute atomic E-state index is 0.00180. The number of nitrogens with zero attached hydrogens (tertiary/aromatic N) is 3. The fourth-order valence-corrected chi connectivity index (χ4v) is 3.54. The van der Waals surface area contributed by atoms with Crippen LogP contribution in [0, 0.1) is 5.92 Å². The molecule has 2 aromatic carbocycles. The molecule has 1 aromatic heterocycles. The van der Waals surface area contributed by atoms with Gasteiger partial charge in [0.25, 0.3) is 0 Å². The summed E-state index contributed by atoms with van der Waals surface area (Å²) in [6.45, 7) is 7.11. The third kappa shape index (κ3) is 6.39. The van der Waals surface area contributed by atoms with Gasteiger partial charge in [-0.05, 0) is 24.0 Å². The van der Waals surface area contributed by atoms with Crippen molar-refractivity contribution in [1.82, 2.24) is 14.7 Å². The molecule has 1 atom stereocenters. The molecule has 0 aliphatic carbocycles. The minimum atomic E-state index is 0.00180. The van der Waals surface area contributed by atoms with E-state index >= 15 is 0 Å². The summed E-state index contributed by atoms with van der Waals surface area (Å²) in [5.41, 5.74) is 2.31. The summed E-state index contributed by atoms with van der Waals surface area (Å²) in [6, 6.07) is 20.5. The Morgan fingerprint density at radius 3 is 2.24 bits per heavy atom. The first kappa shape index (κ1) is 21.0. The monoisotopic (exact) mass is 408 g/mol. The molecule has 0 fully saturated rings. The maximum absolute atomic E-state index is 12.6. The van der Waals surface area contributed by atoms with Crippen LogP contribution in [0.15, 0.2) is 60.7 Å². The molecule has 0 saturated carbocycles. The van der Waals surface area contributed by atoms with E-state index in [-0.39, 0.29) is 18.5 Å². The maximum atomic E-state index is 12.6. The van der Waals surface area contributed by atoms with Crippen LogP contribution in [0.4, 0.5) is 5.13 Å². The van der Waals surface area contributed by atoms with Gasteiger partial charge in [-0.15, -0.1) is 0 Å². The first-order valence-electron chi connectivity index (χ1n) is 9.96. The Morgan fingerprint density at radius 2 is 1.62 bits per heavy atom. The Morgan fingerprint density at radius 1 is 1.00 bits per heavy atom. The molecule has 1 N–H and O–H groups in total. The first-order chi connectivity index (χ1) is 14.0. The second kappa shape index (κ2) is 10.2. The number of nitrogens with one attached hydrogen (secondary N) is 1. The lowest BCUT2D eigenvalue weighted by atomic mass is 10.1. The van der Waals surface area contributed by atoms with Gasteiger partial charge in [0.15, 0.2) is 0 Å². The molecule has 5 nitrogen and oxygen atoms in total. The summed E-state index contributed by atoms with van der Waals surface area (Å²) < 4.78 is 4.53. The number of rotatable bonds is 9. The second-order valence-corrected chi connectivity index (χ2v) is 8.33. The van der Waals surface area contributed by atoms with Gasteiger partial charge in [0, 0.05) is 30.5 Å². The van der Waals surface area contributed by atoms with E-state index in [1.165, 1.54) is 17.1 Å². The number of hydrogen-bond donors (Lipinski definition) is 1. The van der Waals surface area contributed by atoms with Gasteiger partial charge in [0.2, 0.25) is 11.0 Å². The Hall–Kier alpha value is -2.73. The van der Waals surface area contributed by atoms with E-state index < -0.39 is 0 Å². The summed E-state index contributed by atoms with van der Waals surface area (Å²) in [6.07, 6.45) is 0.688. The van der Waals surface area contributed by atoms with Crippen molar-refractivity contribution >= 4 is 22.6 Å². The molecule has 1 heterocycles. The summed E-state index contributed by atoms with van der Waals surface area (Å²) >= 11 is 1.35. The molecule has 0 saturated heterocycles. The van der Waals surface area contributed by atoms with Crippen LogP contribution < -0.4 is 10.2 Å². The quantitative estimate of drug-likeness (QED) is 0.574. The molecule has 0 aliphatic heterocycles. The lowest BCUT2D eigenvalue weighted by Gasteiger charge is -2.23. The van der Waals surface area contributed by atoms with Crippen molar-refractivity contribution < 1.29 is 4.79 Å². The third-order valence-corrected chi connectivity index (χ3v) is 5.69. The van der Waals surface area contributed by atoms with Gasteiger partial charge in [-0.25, -0.2) is 4.98 Å². The maximum Gasteiger partial charge on any atom is 0.239 e. The summed E-state index contributed by atoms with van der Waals surface area (Å²) in [7, 11) is 0. The highest BCUT2D eigenvalue weighted by Crippen LogP contribution is 2.21. The van der Waals surface area contributed by atoms with Gasteiger partial charge in [0.1, 0.15) is 5.82 Å². The fraction of sp³-hybridized carbons (Fsp3) is 0.348. The highest BCUT2D eigenvalue weighted by atomic mass is 32.1. The number of aromatic nitrogens is 2. The number of benzene rings is 2. The molecular weight excluding hydrogens is 380 g/mol. The molecule has 0 bridgehead atoms. The van der Waals surface area contributed by atoms with E-state index in [0.29, 0.717) is 18.9 Å². The van der Waals surface area contributed by atoms with Crippen LogP contribution in [0.3, 0.4) is 0 Å². The zero-order valence-corrected chi connectivity index (χ0v) is 18.0. The largest absolute Gasteiger partial charge is 0.352 e. The van der Waals surface area contributed by atoms with Crippen molar-refractivity contribution in [2.75, 3.05) is 11.4 Å². The van der Waals surface area contributed by atoms with Gasteiger partial charge < -0.3 is 10.2 Å². The van der Waals surface area contributed by atoms with E-state index in [2.05, 4.69) is 47.8 Å². The summed E-state index contributed by atoms with van der Waals surface area (Å²) in [4.78, 5) is 19.4. The summed E-state index contributed by atoms with van der Waals surface area (Å²) in [5.74, 6) is 1.17. The van der Waals surface area contributed by atoms with Crippen molar-refractivity contribution in [3.8, 4) is 0 Å². The lowest BCUT2D eigenvalue weighted by Crippen LogP contribution is -2.42. The number of anilines is 1. The average molecular weight is 409 g/mol. The number of carbonyl (C=O) groups excluding carboxylic acids is 1. The molecule has 0 aliphatic rings.